The molecule has 0 saturated heterocycles. The highest BCUT2D eigenvalue weighted by Crippen LogP contribution is 2.05. The van der Waals surface area contributed by atoms with Crippen LogP contribution >= 0.6 is 0 Å². The van der Waals surface area contributed by atoms with E-state index in [4.69, 9.17) is 10.5 Å². The highest BCUT2D eigenvalue weighted by molar-refractivity contribution is 4.46. The van der Waals surface area contributed by atoms with Gasteiger partial charge in [0.05, 0.1) is 0 Å². The molecule has 0 saturated carbocycles. The fourth-order valence-corrected chi connectivity index (χ4v) is 1.48. The number of unbranched alkanes of at least 4 members (excludes halogenated alkanes) is 5. The molecule has 0 aliphatic rings. The van der Waals surface area contributed by atoms with Gasteiger partial charge in [-0.05, 0) is 31.7 Å². The van der Waals surface area contributed by atoms with Gasteiger partial charge in [0.25, 0.3) is 0 Å². The van der Waals surface area contributed by atoms with Gasteiger partial charge in [-0.25, -0.2) is 0 Å². The van der Waals surface area contributed by atoms with E-state index in [1.165, 1.54) is 44.9 Å². The van der Waals surface area contributed by atoms with Crippen LogP contribution in [-0.4, -0.2) is 19.8 Å². The summed E-state index contributed by atoms with van der Waals surface area (Å²) >= 11 is 0. The van der Waals surface area contributed by atoms with Gasteiger partial charge in [0, 0.05) is 13.2 Å². The second-order valence-corrected chi connectivity index (χ2v) is 4.70. The van der Waals surface area contributed by atoms with Crippen LogP contribution in [0, 0.1) is 5.92 Å². The van der Waals surface area contributed by atoms with Gasteiger partial charge >= 0.3 is 0 Å². The van der Waals surface area contributed by atoms with Crippen molar-refractivity contribution in [1.82, 2.24) is 0 Å². The third-order valence-electron chi connectivity index (χ3n) is 2.58. The zero-order valence-electron chi connectivity index (χ0n) is 10.6. The first kappa shape index (κ1) is 14.9. The predicted octanol–water partition coefficient (Wildman–Crippen LogP) is 3.35. The maximum absolute atomic E-state index is 5.55. The largest absolute Gasteiger partial charge is 0.381 e. The normalized spacial score (nSPS) is 11.2. The van der Waals surface area contributed by atoms with Crippen molar-refractivity contribution in [1.29, 1.82) is 0 Å². The molecule has 0 radical (unpaired) electrons. The van der Waals surface area contributed by atoms with Crippen LogP contribution in [0.15, 0.2) is 0 Å². The first-order valence-corrected chi connectivity index (χ1v) is 6.55. The van der Waals surface area contributed by atoms with E-state index in [0.29, 0.717) is 0 Å². The van der Waals surface area contributed by atoms with E-state index in [1.807, 2.05) is 0 Å². The smallest absolute Gasteiger partial charge is 0.0468 e. The molecule has 0 bridgehead atoms. The van der Waals surface area contributed by atoms with E-state index in [2.05, 4.69) is 13.8 Å². The topological polar surface area (TPSA) is 35.2 Å². The minimum absolute atomic E-state index is 0.765. The Balaban J connectivity index is 2.87. The Hall–Kier alpha value is -0.0800. The van der Waals surface area contributed by atoms with Crippen molar-refractivity contribution in [3.05, 3.63) is 0 Å². The van der Waals surface area contributed by atoms with Crippen molar-refractivity contribution < 1.29 is 4.74 Å². The number of ether oxygens (including phenoxy) is 1. The average molecular weight is 215 g/mol. The van der Waals surface area contributed by atoms with Crippen molar-refractivity contribution in [2.75, 3.05) is 19.8 Å². The highest BCUT2D eigenvalue weighted by Gasteiger charge is 1.94. The summed E-state index contributed by atoms with van der Waals surface area (Å²) in [6, 6.07) is 0. The molecule has 0 aromatic carbocycles. The van der Waals surface area contributed by atoms with Gasteiger partial charge in [0.15, 0.2) is 0 Å². The summed E-state index contributed by atoms with van der Waals surface area (Å²) < 4.78 is 5.55. The lowest BCUT2D eigenvalue weighted by Gasteiger charge is -2.06. The van der Waals surface area contributed by atoms with E-state index in [0.717, 1.165) is 25.7 Å². The minimum Gasteiger partial charge on any atom is -0.381 e. The Kier molecular flexibility index (Phi) is 11.9. The van der Waals surface area contributed by atoms with Gasteiger partial charge in [0.2, 0.25) is 0 Å². The Morgan fingerprint density at radius 1 is 0.867 bits per heavy atom. The van der Waals surface area contributed by atoms with Gasteiger partial charge in [-0.1, -0.05) is 39.5 Å². The van der Waals surface area contributed by atoms with Crippen LogP contribution in [0.3, 0.4) is 0 Å². The molecule has 0 amide bonds. The first-order valence-electron chi connectivity index (χ1n) is 6.55. The van der Waals surface area contributed by atoms with E-state index >= 15 is 0 Å². The molecular formula is C13H29NO. The van der Waals surface area contributed by atoms with Crippen LogP contribution in [0.1, 0.15) is 58.8 Å². The Bertz CT molecular complexity index is 115. The molecule has 0 aliphatic heterocycles. The van der Waals surface area contributed by atoms with Crippen LogP contribution in [0.2, 0.25) is 0 Å². The fourth-order valence-electron chi connectivity index (χ4n) is 1.48. The maximum Gasteiger partial charge on any atom is 0.0468 e. The summed E-state index contributed by atoms with van der Waals surface area (Å²) in [6.45, 7) is 7.20. The lowest BCUT2D eigenvalue weighted by molar-refractivity contribution is 0.119. The summed E-state index contributed by atoms with van der Waals surface area (Å²) in [5.74, 6) is 0.765. The van der Waals surface area contributed by atoms with Crippen LogP contribution in [0.25, 0.3) is 0 Å². The van der Waals surface area contributed by atoms with Crippen molar-refractivity contribution in [3.8, 4) is 0 Å². The number of hydrogen-bond acceptors (Lipinski definition) is 2. The summed E-state index contributed by atoms with van der Waals surface area (Å²) in [7, 11) is 0. The third-order valence-corrected chi connectivity index (χ3v) is 2.58. The molecule has 0 aromatic rings. The van der Waals surface area contributed by atoms with E-state index in [-0.39, 0.29) is 0 Å². The van der Waals surface area contributed by atoms with Gasteiger partial charge in [0.1, 0.15) is 0 Å². The summed E-state index contributed by atoms with van der Waals surface area (Å²) in [6.07, 6.45) is 8.88. The monoisotopic (exact) mass is 215 g/mol. The Labute approximate surface area is 95.6 Å². The zero-order chi connectivity index (χ0) is 11.4. The highest BCUT2D eigenvalue weighted by atomic mass is 16.5. The van der Waals surface area contributed by atoms with Crippen molar-refractivity contribution in [2.24, 2.45) is 11.7 Å². The summed E-state index contributed by atoms with van der Waals surface area (Å²) in [5.41, 5.74) is 5.43. The Morgan fingerprint density at radius 3 is 2.07 bits per heavy atom. The molecule has 2 N–H and O–H groups in total. The SMILES string of the molecule is CC(C)CCOCCCCCCCCN. The summed E-state index contributed by atoms with van der Waals surface area (Å²) in [4.78, 5) is 0. The second kappa shape index (κ2) is 12.0. The molecule has 2 nitrogen and oxygen atoms in total. The second-order valence-electron chi connectivity index (χ2n) is 4.70. The van der Waals surface area contributed by atoms with Crippen molar-refractivity contribution >= 4 is 0 Å². The lowest BCUT2D eigenvalue weighted by atomic mass is 10.1. The van der Waals surface area contributed by atoms with E-state index in [1.54, 1.807) is 0 Å². The number of rotatable bonds is 11. The predicted molar refractivity (Wildman–Crippen MR) is 67.0 cm³/mol. The van der Waals surface area contributed by atoms with Gasteiger partial charge in [-0.2, -0.15) is 0 Å². The molecule has 0 unspecified atom stereocenters. The van der Waals surface area contributed by atoms with Crippen LogP contribution in [0.5, 0.6) is 0 Å². The molecular weight excluding hydrogens is 186 g/mol. The van der Waals surface area contributed by atoms with Gasteiger partial charge in [-0.3, -0.25) is 0 Å². The standard InChI is InChI=1S/C13H29NO/c1-13(2)9-12-15-11-8-6-4-3-5-7-10-14/h13H,3-12,14H2,1-2H3. The quantitative estimate of drug-likeness (QED) is 0.536. The molecule has 2 heteroatoms. The van der Waals surface area contributed by atoms with E-state index in [9.17, 15) is 0 Å². The van der Waals surface area contributed by atoms with Gasteiger partial charge < -0.3 is 10.5 Å². The fraction of sp³-hybridized carbons (Fsp3) is 1.00. The molecule has 92 valence electrons. The van der Waals surface area contributed by atoms with Crippen molar-refractivity contribution in [3.63, 3.8) is 0 Å². The molecule has 0 atom stereocenters. The molecule has 0 aromatic heterocycles. The van der Waals surface area contributed by atoms with Crippen LogP contribution in [-0.2, 0) is 4.74 Å². The van der Waals surface area contributed by atoms with E-state index < -0.39 is 0 Å². The van der Waals surface area contributed by atoms with Gasteiger partial charge in [-0.15, -0.1) is 0 Å². The molecule has 0 heterocycles. The number of hydrogen-bond donors (Lipinski definition) is 1. The van der Waals surface area contributed by atoms with Crippen LogP contribution in [0.4, 0.5) is 0 Å². The molecule has 0 rings (SSSR count). The third kappa shape index (κ3) is 13.9. The molecule has 0 aliphatic carbocycles. The molecule has 0 fully saturated rings. The maximum atomic E-state index is 5.55. The minimum atomic E-state index is 0.765. The zero-order valence-corrected chi connectivity index (χ0v) is 10.6. The first-order chi connectivity index (χ1) is 7.27. The molecule has 15 heavy (non-hydrogen) atoms. The lowest BCUT2D eigenvalue weighted by Crippen LogP contribution is -2.00. The van der Waals surface area contributed by atoms with Crippen LogP contribution < -0.4 is 5.73 Å². The van der Waals surface area contributed by atoms with Crippen molar-refractivity contribution in [2.45, 2.75) is 58.8 Å². The summed E-state index contributed by atoms with van der Waals surface area (Å²) in [5, 5.41) is 0. The average Bonchev–Trinajstić information content (AvgIpc) is 2.20. The molecule has 0 spiro atoms. The number of nitrogens with two attached hydrogens (primary N) is 1. The Morgan fingerprint density at radius 2 is 1.47 bits per heavy atom.